The maximum Gasteiger partial charge on any atom is 0.254 e. The number of nitrogens with zero attached hydrogens (tertiary/aromatic N) is 3. The highest BCUT2D eigenvalue weighted by Crippen LogP contribution is 2.37. The number of morpholine rings is 1. The highest BCUT2D eigenvalue weighted by atomic mass is 32.2. The zero-order valence-corrected chi connectivity index (χ0v) is 20.3. The Bertz CT molecular complexity index is 1230. The Balaban J connectivity index is 1.36. The molecule has 2 fully saturated rings. The molecule has 1 amide bonds. The topological polar surface area (TPSA) is 79.8 Å². The lowest BCUT2D eigenvalue weighted by molar-refractivity contribution is -0.0440. The number of benzene rings is 2. The zero-order valence-electron chi connectivity index (χ0n) is 18.7. The minimum atomic E-state index is -3.64. The van der Waals surface area contributed by atoms with E-state index in [1.165, 1.54) is 16.4 Å². The van der Waals surface area contributed by atoms with Gasteiger partial charge in [-0.25, -0.2) is 13.4 Å². The molecular weight excluding hydrogens is 458 g/mol. The molecule has 0 bridgehead atoms. The molecule has 0 radical (unpaired) electrons. The van der Waals surface area contributed by atoms with E-state index in [9.17, 15) is 13.2 Å². The summed E-state index contributed by atoms with van der Waals surface area (Å²) in [5.74, 6) is -0.0886. The number of carbonyl (C=O) groups is 1. The first-order valence-corrected chi connectivity index (χ1v) is 13.5. The summed E-state index contributed by atoms with van der Waals surface area (Å²) in [6, 6.07) is 14.3. The Labute approximate surface area is 198 Å². The Hall–Kier alpha value is -2.33. The number of thiazole rings is 1. The maximum atomic E-state index is 13.3. The summed E-state index contributed by atoms with van der Waals surface area (Å²) >= 11 is 1.63. The van der Waals surface area contributed by atoms with E-state index in [0.717, 1.165) is 28.1 Å². The number of carbonyl (C=O) groups excluding carboxylic acids is 1. The second-order valence-electron chi connectivity index (χ2n) is 8.78. The van der Waals surface area contributed by atoms with Crippen LogP contribution in [0.3, 0.4) is 0 Å². The summed E-state index contributed by atoms with van der Waals surface area (Å²) in [5, 5.41) is 0.955. The van der Waals surface area contributed by atoms with Crippen molar-refractivity contribution in [2.45, 2.75) is 49.8 Å². The molecule has 0 saturated carbocycles. The van der Waals surface area contributed by atoms with Crippen molar-refractivity contribution in [1.82, 2.24) is 14.2 Å². The smallest absolute Gasteiger partial charge is 0.254 e. The number of hydrogen-bond donors (Lipinski definition) is 0. The van der Waals surface area contributed by atoms with Gasteiger partial charge in [0, 0.05) is 25.2 Å². The summed E-state index contributed by atoms with van der Waals surface area (Å²) in [5.41, 5.74) is 1.45. The molecule has 0 aliphatic carbocycles. The van der Waals surface area contributed by atoms with Crippen LogP contribution >= 0.6 is 11.3 Å². The van der Waals surface area contributed by atoms with E-state index in [1.807, 2.05) is 43.0 Å². The van der Waals surface area contributed by atoms with Crippen LogP contribution in [0.15, 0.2) is 53.4 Å². The van der Waals surface area contributed by atoms with Crippen LogP contribution < -0.4 is 0 Å². The van der Waals surface area contributed by atoms with Crippen LogP contribution in [0.1, 0.15) is 48.1 Å². The zero-order chi connectivity index (χ0) is 23.2. The summed E-state index contributed by atoms with van der Waals surface area (Å²) in [6.45, 7) is 5.06. The summed E-state index contributed by atoms with van der Waals surface area (Å²) < 4.78 is 34.5. The first-order chi connectivity index (χ1) is 15.8. The van der Waals surface area contributed by atoms with Gasteiger partial charge in [-0.05, 0) is 63.1 Å². The third kappa shape index (κ3) is 4.30. The van der Waals surface area contributed by atoms with Gasteiger partial charge < -0.3 is 9.64 Å². The summed E-state index contributed by atoms with van der Waals surface area (Å²) in [4.78, 5) is 20.1. The first kappa shape index (κ1) is 22.5. The van der Waals surface area contributed by atoms with Gasteiger partial charge in [0.25, 0.3) is 5.91 Å². The lowest BCUT2D eigenvalue weighted by atomic mass is 10.1. The molecule has 3 aromatic rings. The normalized spacial score (nSPS) is 24.4. The molecule has 0 N–H and O–H groups in total. The van der Waals surface area contributed by atoms with Crippen LogP contribution in [0.4, 0.5) is 0 Å². The molecule has 1 aromatic heterocycles. The van der Waals surface area contributed by atoms with E-state index in [0.29, 0.717) is 25.2 Å². The van der Waals surface area contributed by atoms with Crippen LogP contribution in [0.25, 0.3) is 10.2 Å². The molecule has 9 heteroatoms. The molecule has 7 nitrogen and oxygen atoms in total. The SMILES string of the molecule is C[C@@H]1CN(S(=O)(=O)c2ccc(C(=O)N3CCC[C@H]3c3nc4ccccc4s3)cc2)C[C@@H](C)O1. The van der Waals surface area contributed by atoms with Crippen molar-refractivity contribution >= 4 is 37.5 Å². The molecule has 2 aromatic carbocycles. The van der Waals surface area contributed by atoms with Crippen LogP contribution in [0.5, 0.6) is 0 Å². The summed E-state index contributed by atoms with van der Waals surface area (Å²) in [6.07, 6.45) is 1.50. The van der Waals surface area contributed by atoms with Gasteiger partial charge in [-0.15, -0.1) is 11.3 Å². The maximum absolute atomic E-state index is 13.3. The number of fused-ring (bicyclic) bond motifs is 1. The number of sulfonamides is 1. The van der Waals surface area contributed by atoms with Gasteiger partial charge in [-0.3, -0.25) is 4.79 Å². The van der Waals surface area contributed by atoms with Crippen molar-refractivity contribution in [3.63, 3.8) is 0 Å². The molecule has 2 saturated heterocycles. The number of rotatable bonds is 4. The molecule has 5 rings (SSSR count). The monoisotopic (exact) mass is 485 g/mol. The Morgan fingerprint density at radius 3 is 2.45 bits per heavy atom. The number of aromatic nitrogens is 1. The number of para-hydroxylation sites is 1. The molecule has 174 valence electrons. The number of ether oxygens (including phenoxy) is 1. The Morgan fingerprint density at radius 2 is 1.76 bits per heavy atom. The fourth-order valence-electron chi connectivity index (χ4n) is 4.71. The van der Waals surface area contributed by atoms with Gasteiger partial charge in [0.2, 0.25) is 10.0 Å². The van der Waals surface area contributed by atoms with Crippen LogP contribution in [0, 0.1) is 0 Å². The minimum absolute atomic E-state index is 0.0466. The third-order valence-corrected chi connectivity index (χ3v) is 9.22. The molecule has 3 heterocycles. The van der Waals surface area contributed by atoms with Gasteiger partial charge >= 0.3 is 0 Å². The van der Waals surface area contributed by atoms with Gasteiger partial charge in [0.05, 0.1) is 33.4 Å². The lowest BCUT2D eigenvalue weighted by Crippen LogP contribution is -2.48. The van der Waals surface area contributed by atoms with E-state index in [4.69, 9.17) is 9.72 Å². The fourth-order valence-corrected chi connectivity index (χ4v) is 7.42. The van der Waals surface area contributed by atoms with E-state index in [2.05, 4.69) is 0 Å². The highest BCUT2D eigenvalue weighted by molar-refractivity contribution is 7.89. The van der Waals surface area contributed by atoms with Gasteiger partial charge in [0.15, 0.2) is 0 Å². The van der Waals surface area contributed by atoms with Gasteiger partial charge in [-0.2, -0.15) is 4.31 Å². The van der Waals surface area contributed by atoms with Crippen molar-refractivity contribution < 1.29 is 17.9 Å². The molecule has 33 heavy (non-hydrogen) atoms. The number of amides is 1. The predicted octanol–water partition coefficient (Wildman–Crippen LogP) is 4.07. The standard InChI is InChI=1S/C24H27N3O4S2/c1-16-14-26(15-17(2)31-16)33(29,30)19-11-9-18(10-12-19)24(28)27-13-5-7-21(27)23-25-20-6-3-4-8-22(20)32-23/h3-4,6,8-12,16-17,21H,5,7,13-15H2,1-2H3/t16-,17-,21+/m1/s1. The molecule has 2 aliphatic heterocycles. The second kappa shape index (κ2) is 8.79. The van der Waals surface area contributed by atoms with Crippen molar-refractivity contribution in [1.29, 1.82) is 0 Å². The van der Waals surface area contributed by atoms with Crippen LogP contribution in [-0.2, 0) is 14.8 Å². The second-order valence-corrected chi connectivity index (χ2v) is 11.8. The minimum Gasteiger partial charge on any atom is -0.373 e. The van der Waals surface area contributed by atoms with Gasteiger partial charge in [0.1, 0.15) is 5.01 Å². The molecule has 2 aliphatic rings. The van der Waals surface area contributed by atoms with E-state index in [-0.39, 0.29) is 29.1 Å². The predicted molar refractivity (Wildman–Crippen MR) is 128 cm³/mol. The Morgan fingerprint density at radius 1 is 1.06 bits per heavy atom. The molecule has 0 unspecified atom stereocenters. The average Bonchev–Trinajstić information content (AvgIpc) is 3.45. The average molecular weight is 486 g/mol. The van der Waals surface area contributed by atoms with Crippen LogP contribution in [-0.4, -0.2) is 60.4 Å². The summed E-state index contributed by atoms with van der Waals surface area (Å²) in [7, 11) is -3.64. The highest BCUT2D eigenvalue weighted by Gasteiger charge is 2.34. The molecule has 0 spiro atoms. The first-order valence-electron chi connectivity index (χ1n) is 11.2. The van der Waals surface area contributed by atoms with Crippen molar-refractivity contribution in [3.8, 4) is 0 Å². The Kier molecular flexibility index (Phi) is 5.98. The quantitative estimate of drug-likeness (QED) is 0.557. The fraction of sp³-hybridized carbons (Fsp3) is 0.417. The van der Waals surface area contributed by atoms with Crippen molar-refractivity contribution in [2.24, 2.45) is 0 Å². The molecular formula is C24H27N3O4S2. The molecule has 3 atom stereocenters. The van der Waals surface area contributed by atoms with E-state index < -0.39 is 10.0 Å². The number of likely N-dealkylation sites (tertiary alicyclic amines) is 1. The third-order valence-electron chi connectivity index (χ3n) is 6.23. The number of hydrogen-bond acceptors (Lipinski definition) is 6. The van der Waals surface area contributed by atoms with Crippen molar-refractivity contribution in [2.75, 3.05) is 19.6 Å². The van der Waals surface area contributed by atoms with E-state index in [1.54, 1.807) is 23.5 Å². The largest absolute Gasteiger partial charge is 0.373 e. The van der Waals surface area contributed by atoms with Crippen LogP contribution in [0.2, 0.25) is 0 Å². The van der Waals surface area contributed by atoms with E-state index >= 15 is 0 Å². The van der Waals surface area contributed by atoms with Gasteiger partial charge in [-0.1, -0.05) is 12.1 Å². The lowest BCUT2D eigenvalue weighted by Gasteiger charge is -2.34. The van der Waals surface area contributed by atoms with Crippen molar-refractivity contribution in [3.05, 3.63) is 59.1 Å².